The number of ether oxygens (including phenoxy) is 1. The molecule has 5 nitrogen and oxygen atoms in total. The number of thioether (sulfide) groups is 1. The highest BCUT2D eigenvalue weighted by molar-refractivity contribution is 7.99. The highest BCUT2D eigenvalue weighted by Crippen LogP contribution is 2.15. The number of nitrogens with one attached hydrogen (secondary N) is 1. The second-order valence-corrected chi connectivity index (χ2v) is 4.97. The van der Waals surface area contributed by atoms with Crippen LogP contribution in [0, 0.1) is 0 Å². The Balaban J connectivity index is 2.09. The maximum absolute atomic E-state index is 11.3. The van der Waals surface area contributed by atoms with Gasteiger partial charge in [0.25, 0.3) is 0 Å². The maximum atomic E-state index is 11.3. The van der Waals surface area contributed by atoms with Crippen LogP contribution in [0.1, 0.15) is 6.92 Å². The Morgan fingerprint density at radius 3 is 2.68 bits per heavy atom. The molecule has 0 bridgehead atoms. The topological polar surface area (TPSA) is 75.6 Å². The summed E-state index contributed by atoms with van der Waals surface area (Å²) in [7, 11) is 0. The Kier molecular flexibility index (Phi) is 6.99. The highest BCUT2D eigenvalue weighted by Gasteiger charge is 2.12. The molecule has 0 fully saturated rings. The molecule has 1 atom stereocenters. The zero-order valence-corrected chi connectivity index (χ0v) is 11.5. The van der Waals surface area contributed by atoms with E-state index in [0.29, 0.717) is 6.54 Å². The molecule has 0 aromatic heterocycles. The van der Waals surface area contributed by atoms with Gasteiger partial charge in [0, 0.05) is 17.2 Å². The largest absolute Gasteiger partial charge is 0.479 e. The van der Waals surface area contributed by atoms with E-state index in [1.54, 1.807) is 11.8 Å². The Hall–Kier alpha value is -1.53. The number of carbonyl (C=O) groups excluding carboxylic acids is 1. The molecule has 0 aliphatic carbocycles. The molecule has 6 heteroatoms. The molecule has 19 heavy (non-hydrogen) atoms. The first-order valence-electron chi connectivity index (χ1n) is 5.88. The number of aliphatic carboxylic acids is 1. The molecule has 0 aliphatic rings. The number of amides is 1. The molecule has 1 aromatic carbocycles. The molecule has 0 saturated carbocycles. The van der Waals surface area contributed by atoms with Gasteiger partial charge in [-0.15, -0.1) is 11.8 Å². The first kappa shape index (κ1) is 15.5. The predicted molar refractivity (Wildman–Crippen MR) is 73.2 cm³/mol. The summed E-state index contributed by atoms with van der Waals surface area (Å²) in [4.78, 5) is 23.0. The minimum atomic E-state index is -1.08. The van der Waals surface area contributed by atoms with Gasteiger partial charge in [-0.2, -0.15) is 0 Å². The van der Waals surface area contributed by atoms with Crippen LogP contribution in [-0.4, -0.2) is 42.0 Å². The molecule has 1 rings (SSSR count). The van der Waals surface area contributed by atoms with E-state index < -0.39 is 12.1 Å². The number of carboxylic acid groups (broad SMARTS) is 1. The molecule has 0 unspecified atom stereocenters. The van der Waals surface area contributed by atoms with Gasteiger partial charge in [-0.3, -0.25) is 4.79 Å². The smallest absolute Gasteiger partial charge is 0.332 e. The molecule has 1 amide bonds. The van der Waals surface area contributed by atoms with Crippen molar-refractivity contribution in [1.29, 1.82) is 0 Å². The maximum Gasteiger partial charge on any atom is 0.332 e. The van der Waals surface area contributed by atoms with Crippen LogP contribution in [0.5, 0.6) is 0 Å². The Bertz CT molecular complexity index is 410. The van der Waals surface area contributed by atoms with Crippen molar-refractivity contribution in [3.8, 4) is 0 Å². The van der Waals surface area contributed by atoms with E-state index in [9.17, 15) is 9.59 Å². The number of benzene rings is 1. The number of carbonyl (C=O) groups is 2. The van der Waals surface area contributed by atoms with Crippen LogP contribution in [0.15, 0.2) is 35.2 Å². The molecule has 0 saturated heterocycles. The SMILES string of the molecule is C[C@H](OCC(=O)NCCSc1ccccc1)C(=O)O. The molecule has 0 aliphatic heterocycles. The van der Waals surface area contributed by atoms with Crippen molar-refractivity contribution in [2.75, 3.05) is 18.9 Å². The van der Waals surface area contributed by atoms with Crippen molar-refractivity contribution in [1.82, 2.24) is 5.32 Å². The van der Waals surface area contributed by atoms with Gasteiger partial charge in [-0.05, 0) is 19.1 Å². The second kappa shape index (κ2) is 8.55. The molecular formula is C13H17NO4S. The van der Waals surface area contributed by atoms with Crippen LogP contribution in [0.2, 0.25) is 0 Å². The Morgan fingerprint density at radius 1 is 1.37 bits per heavy atom. The lowest BCUT2D eigenvalue weighted by atomic mass is 10.4. The van der Waals surface area contributed by atoms with Gasteiger partial charge in [0.15, 0.2) is 6.10 Å². The van der Waals surface area contributed by atoms with Crippen LogP contribution in [0.3, 0.4) is 0 Å². The van der Waals surface area contributed by atoms with Gasteiger partial charge < -0.3 is 15.2 Å². The summed E-state index contributed by atoms with van der Waals surface area (Å²) in [5.74, 6) is -0.626. The van der Waals surface area contributed by atoms with Gasteiger partial charge in [0.1, 0.15) is 6.61 Å². The molecule has 0 spiro atoms. The third-order valence-electron chi connectivity index (χ3n) is 2.25. The van der Waals surface area contributed by atoms with Crippen molar-refractivity contribution in [2.45, 2.75) is 17.9 Å². The van der Waals surface area contributed by atoms with Crippen molar-refractivity contribution in [3.05, 3.63) is 30.3 Å². The van der Waals surface area contributed by atoms with Gasteiger partial charge in [-0.1, -0.05) is 18.2 Å². The van der Waals surface area contributed by atoms with Gasteiger partial charge in [0.05, 0.1) is 0 Å². The molecule has 0 radical (unpaired) electrons. The molecule has 104 valence electrons. The summed E-state index contributed by atoms with van der Waals surface area (Å²) in [6.07, 6.45) is -0.968. The van der Waals surface area contributed by atoms with E-state index in [-0.39, 0.29) is 12.5 Å². The van der Waals surface area contributed by atoms with Crippen LogP contribution in [-0.2, 0) is 14.3 Å². The fourth-order valence-electron chi connectivity index (χ4n) is 1.20. The number of rotatable bonds is 8. The Labute approximate surface area is 116 Å². The quantitative estimate of drug-likeness (QED) is 0.557. The van der Waals surface area contributed by atoms with E-state index in [2.05, 4.69) is 5.32 Å². The molecular weight excluding hydrogens is 266 g/mol. The molecule has 2 N–H and O–H groups in total. The lowest BCUT2D eigenvalue weighted by Gasteiger charge is -2.08. The normalized spacial score (nSPS) is 11.8. The van der Waals surface area contributed by atoms with Crippen molar-refractivity contribution < 1.29 is 19.4 Å². The minimum absolute atomic E-state index is 0.233. The summed E-state index contributed by atoms with van der Waals surface area (Å²) < 4.78 is 4.86. The standard InChI is InChI=1S/C13H17NO4S/c1-10(13(16)17)18-9-12(15)14-7-8-19-11-5-3-2-4-6-11/h2-6,10H,7-9H2,1H3,(H,14,15)(H,16,17)/t10-/m0/s1. The van der Waals surface area contributed by atoms with E-state index in [1.807, 2.05) is 30.3 Å². The fraction of sp³-hybridized carbons (Fsp3) is 0.385. The third kappa shape index (κ3) is 6.83. The molecule has 1 aromatic rings. The highest BCUT2D eigenvalue weighted by atomic mass is 32.2. The zero-order valence-electron chi connectivity index (χ0n) is 10.7. The van der Waals surface area contributed by atoms with Gasteiger partial charge in [0.2, 0.25) is 5.91 Å². The average Bonchev–Trinajstić information content (AvgIpc) is 2.42. The monoisotopic (exact) mass is 283 g/mol. The lowest BCUT2D eigenvalue weighted by molar-refractivity contribution is -0.150. The number of carboxylic acids is 1. The first-order chi connectivity index (χ1) is 9.09. The summed E-state index contributed by atoms with van der Waals surface area (Å²) >= 11 is 1.64. The van der Waals surface area contributed by atoms with Gasteiger partial charge in [-0.25, -0.2) is 4.79 Å². The van der Waals surface area contributed by atoms with E-state index in [0.717, 1.165) is 10.6 Å². The summed E-state index contributed by atoms with van der Waals surface area (Å²) in [6, 6.07) is 9.88. The van der Waals surface area contributed by atoms with E-state index >= 15 is 0 Å². The predicted octanol–water partition coefficient (Wildman–Crippen LogP) is 1.38. The summed E-state index contributed by atoms with van der Waals surface area (Å²) in [5, 5.41) is 11.2. The lowest BCUT2D eigenvalue weighted by Crippen LogP contribution is -2.32. The second-order valence-electron chi connectivity index (χ2n) is 3.80. The third-order valence-corrected chi connectivity index (χ3v) is 3.26. The van der Waals surface area contributed by atoms with E-state index in [1.165, 1.54) is 6.92 Å². The summed E-state index contributed by atoms with van der Waals surface area (Å²) in [6.45, 7) is 1.67. The van der Waals surface area contributed by atoms with E-state index in [4.69, 9.17) is 9.84 Å². The van der Waals surface area contributed by atoms with Crippen molar-refractivity contribution in [3.63, 3.8) is 0 Å². The van der Waals surface area contributed by atoms with Crippen molar-refractivity contribution in [2.24, 2.45) is 0 Å². The van der Waals surface area contributed by atoms with Crippen molar-refractivity contribution >= 4 is 23.6 Å². The van der Waals surface area contributed by atoms with Gasteiger partial charge >= 0.3 is 5.97 Å². The minimum Gasteiger partial charge on any atom is -0.479 e. The van der Waals surface area contributed by atoms with Crippen LogP contribution >= 0.6 is 11.8 Å². The van der Waals surface area contributed by atoms with Crippen LogP contribution < -0.4 is 5.32 Å². The molecule has 0 heterocycles. The fourth-order valence-corrected chi connectivity index (χ4v) is 1.99. The zero-order chi connectivity index (χ0) is 14.1. The van der Waals surface area contributed by atoms with Crippen LogP contribution in [0.25, 0.3) is 0 Å². The first-order valence-corrected chi connectivity index (χ1v) is 6.87. The summed E-state index contributed by atoms with van der Waals surface area (Å²) in [5.41, 5.74) is 0. The van der Waals surface area contributed by atoms with Crippen LogP contribution in [0.4, 0.5) is 0 Å². The Morgan fingerprint density at radius 2 is 2.05 bits per heavy atom. The number of hydrogen-bond acceptors (Lipinski definition) is 4. The number of hydrogen-bond donors (Lipinski definition) is 2. The average molecular weight is 283 g/mol.